The number of hydrogen-bond acceptors (Lipinski definition) is 2. The second kappa shape index (κ2) is 14.3. The summed E-state index contributed by atoms with van der Waals surface area (Å²) < 4.78 is 0. The van der Waals surface area contributed by atoms with E-state index < -0.39 is 0 Å². The van der Waals surface area contributed by atoms with Crippen LogP contribution in [0.2, 0.25) is 0 Å². The Morgan fingerprint density at radius 3 is 1.41 bits per heavy atom. The Morgan fingerprint density at radius 1 is 0.492 bits per heavy atom. The fraction of sp³-hybridized carbons (Fsp3) is 0.0702. The minimum atomic E-state index is 0.715. The number of nitriles is 1. The van der Waals surface area contributed by atoms with Gasteiger partial charge in [0.05, 0.1) is 6.07 Å². The molecule has 0 radical (unpaired) electrons. The average Bonchev–Trinajstić information content (AvgIpc) is 3.31. The SMILES string of the molecule is CNC/C=C(/C1=CC=C(C#N)CC1)c1cc(-c2ccc3c4ccccc4c4ccccc4c3c2)c2ccccc2c1-c1ccc2c3ccccc3c3ccccc3c2c1. The molecule has 11 rings (SSSR count). The molecule has 0 amide bonds. The van der Waals surface area contributed by atoms with Gasteiger partial charge in [-0.25, -0.2) is 0 Å². The molecule has 2 nitrogen and oxygen atoms in total. The molecule has 0 spiro atoms. The van der Waals surface area contributed by atoms with E-state index in [2.05, 4.69) is 187 Å². The van der Waals surface area contributed by atoms with Gasteiger partial charge in [0.15, 0.2) is 0 Å². The Kier molecular flexibility index (Phi) is 8.43. The number of nitrogens with zero attached hydrogens (tertiary/aromatic N) is 1. The molecule has 278 valence electrons. The van der Waals surface area contributed by atoms with Gasteiger partial charge in [-0.1, -0.05) is 158 Å². The minimum Gasteiger partial charge on any atom is -0.316 e. The van der Waals surface area contributed by atoms with Crippen molar-refractivity contribution in [2.24, 2.45) is 0 Å². The summed E-state index contributed by atoms with van der Waals surface area (Å²) in [7, 11) is 2.01. The molecule has 59 heavy (non-hydrogen) atoms. The maximum atomic E-state index is 9.80. The maximum Gasteiger partial charge on any atom is 0.0947 e. The summed E-state index contributed by atoms with van der Waals surface area (Å²) in [4.78, 5) is 0. The largest absolute Gasteiger partial charge is 0.316 e. The van der Waals surface area contributed by atoms with Gasteiger partial charge in [-0.2, -0.15) is 5.26 Å². The van der Waals surface area contributed by atoms with Crippen molar-refractivity contribution < 1.29 is 0 Å². The number of likely N-dealkylation sites (N-methyl/N-ethyl adjacent to an activating group) is 1. The second-order valence-electron chi connectivity index (χ2n) is 15.8. The third-order valence-electron chi connectivity index (χ3n) is 12.6. The van der Waals surface area contributed by atoms with Gasteiger partial charge >= 0.3 is 0 Å². The van der Waals surface area contributed by atoms with Crippen molar-refractivity contribution in [2.45, 2.75) is 12.8 Å². The van der Waals surface area contributed by atoms with E-state index in [9.17, 15) is 5.26 Å². The highest BCUT2D eigenvalue weighted by Crippen LogP contribution is 2.47. The van der Waals surface area contributed by atoms with E-state index in [1.54, 1.807) is 0 Å². The summed E-state index contributed by atoms with van der Waals surface area (Å²) in [5, 5.41) is 30.9. The van der Waals surface area contributed by atoms with Gasteiger partial charge < -0.3 is 5.32 Å². The Labute approximate surface area is 343 Å². The lowest BCUT2D eigenvalue weighted by atomic mass is 9.80. The molecule has 0 unspecified atom stereocenters. The Bertz CT molecular complexity index is 3450. The van der Waals surface area contributed by atoms with E-state index >= 15 is 0 Å². The van der Waals surface area contributed by atoms with Crippen molar-refractivity contribution in [1.82, 2.24) is 5.32 Å². The highest BCUT2D eigenvalue weighted by atomic mass is 14.8. The van der Waals surface area contributed by atoms with Gasteiger partial charge in [-0.05, 0) is 159 Å². The molecule has 1 N–H and O–H groups in total. The van der Waals surface area contributed by atoms with Gasteiger partial charge in [-0.3, -0.25) is 0 Å². The average molecular weight is 753 g/mol. The molecule has 10 aromatic carbocycles. The molecule has 0 saturated heterocycles. The zero-order valence-corrected chi connectivity index (χ0v) is 32.9. The van der Waals surface area contributed by atoms with Gasteiger partial charge in [0.25, 0.3) is 0 Å². The van der Waals surface area contributed by atoms with Crippen molar-refractivity contribution in [3.63, 3.8) is 0 Å². The summed E-state index contributed by atoms with van der Waals surface area (Å²) in [5.41, 5.74) is 9.27. The number of benzene rings is 10. The lowest BCUT2D eigenvalue weighted by Crippen LogP contribution is -2.07. The van der Waals surface area contributed by atoms with E-state index in [0.717, 1.165) is 18.4 Å². The van der Waals surface area contributed by atoms with Crippen LogP contribution < -0.4 is 5.32 Å². The number of allylic oxidation sites excluding steroid dienone is 5. The molecule has 0 fully saturated rings. The predicted molar refractivity (Wildman–Crippen MR) is 253 cm³/mol. The molecule has 2 heteroatoms. The fourth-order valence-corrected chi connectivity index (χ4v) is 9.85. The summed E-state index contributed by atoms with van der Waals surface area (Å²) in [5.74, 6) is 0. The molecule has 10 aromatic rings. The van der Waals surface area contributed by atoms with Gasteiger partial charge in [0, 0.05) is 12.1 Å². The van der Waals surface area contributed by atoms with Crippen molar-refractivity contribution >= 4 is 81.0 Å². The highest BCUT2D eigenvalue weighted by Gasteiger charge is 2.22. The van der Waals surface area contributed by atoms with Crippen LogP contribution in [0.15, 0.2) is 193 Å². The number of rotatable bonds is 6. The van der Waals surface area contributed by atoms with E-state index in [0.29, 0.717) is 6.54 Å². The van der Waals surface area contributed by atoms with Crippen LogP contribution in [-0.4, -0.2) is 13.6 Å². The third-order valence-corrected chi connectivity index (χ3v) is 12.6. The minimum absolute atomic E-state index is 0.715. The van der Waals surface area contributed by atoms with Crippen LogP contribution in [0, 0.1) is 11.3 Å². The van der Waals surface area contributed by atoms with Crippen LogP contribution in [0.3, 0.4) is 0 Å². The Morgan fingerprint density at radius 2 is 0.932 bits per heavy atom. The standard InChI is InChI=1S/C57H40N2/c1-59-31-30-40(37-24-22-36(35-58)23-25-37)56-34-53(38-26-28-50-45-16-4-2-12-41(45)43-14-6-8-18-47(43)54(50)32-38)49-20-10-11-21-52(49)57(56)39-27-29-51-46-17-5-3-13-42(46)44-15-7-9-19-48(44)55(51)33-39/h2-22,24,26-30,32-34,59H,23,25,31H2,1H3/b40-30-. The van der Waals surface area contributed by atoms with E-state index in [4.69, 9.17) is 0 Å². The smallest absolute Gasteiger partial charge is 0.0947 e. The van der Waals surface area contributed by atoms with E-state index in [1.807, 2.05) is 13.1 Å². The van der Waals surface area contributed by atoms with Gasteiger partial charge in [-0.15, -0.1) is 0 Å². The predicted octanol–water partition coefficient (Wildman–Crippen LogP) is 14.9. The first-order valence-electron chi connectivity index (χ1n) is 20.6. The number of nitrogens with one attached hydrogen (secondary N) is 1. The number of fused-ring (bicyclic) bond motifs is 13. The van der Waals surface area contributed by atoms with Gasteiger partial charge in [0.1, 0.15) is 0 Å². The fourth-order valence-electron chi connectivity index (χ4n) is 9.85. The first kappa shape index (κ1) is 34.9. The summed E-state index contributed by atoms with van der Waals surface area (Å²) in [6.07, 6.45) is 8.07. The van der Waals surface area contributed by atoms with E-state index in [-0.39, 0.29) is 0 Å². The zero-order chi connectivity index (χ0) is 39.5. The molecule has 0 aromatic heterocycles. The molecule has 0 heterocycles. The van der Waals surface area contributed by atoms with Crippen LogP contribution in [0.25, 0.3) is 103 Å². The molecular weight excluding hydrogens is 713 g/mol. The summed E-state index contributed by atoms with van der Waals surface area (Å²) in [6.45, 7) is 0.715. The van der Waals surface area contributed by atoms with Crippen molar-refractivity contribution in [1.29, 1.82) is 5.26 Å². The quantitative estimate of drug-likeness (QED) is 0.172. The lowest BCUT2D eigenvalue weighted by molar-refractivity contribution is 0.915. The second-order valence-corrected chi connectivity index (χ2v) is 15.8. The van der Waals surface area contributed by atoms with Crippen molar-refractivity contribution in [3.8, 4) is 28.3 Å². The lowest BCUT2D eigenvalue weighted by Gasteiger charge is -2.23. The molecule has 0 saturated carbocycles. The molecule has 1 aliphatic rings. The topological polar surface area (TPSA) is 35.8 Å². The number of hydrogen-bond donors (Lipinski definition) is 1. The van der Waals surface area contributed by atoms with E-state index in [1.165, 1.54) is 114 Å². The highest BCUT2D eigenvalue weighted by molar-refractivity contribution is 6.27. The van der Waals surface area contributed by atoms with Crippen LogP contribution in [0.4, 0.5) is 0 Å². The summed E-state index contributed by atoms with van der Waals surface area (Å²) in [6, 6.07) is 63.2. The maximum absolute atomic E-state index is 9.80. The Balaban J connectivity index is 1.24. The molecule has 0 aliphatic heterocycles. The van der Waals surface area contributed by atoms with Crippen LogP contribution in [0.5, 0.6) is 0 Å². The monoisotopic (exact) mass is 752 g/mol. The molecule has 0 bridgehead atoms. The first-order valence-corrected chi connectivity index (χ1v) is 20.6. The van der Waals surface area contributed by atoms with Gasteiger partial charge in [0.2, 0.25) is 0 Å². The normalized spacial score (nSPS) is 13.5. The van der Waals surface area contributed by atoms with Crippen molar-refractivity contribution in [2.75, 3.05) is 13.6 Å². The van der Waals surface area contributed by atoms with Crippen LogP contribution >= 0.6 is 0 Å². The van der Waals surface area contributed by atoms with Crippen molar-refractivity contribution in [3.05, 3.63) is 199 Å². The Hall–Kier alpha value is -7.31. The van der Waals surface area contributed by atoms with Crippen LogP contribution in [-0.2, 0) is 0 Å². The zero-order valence-electron chi connectivity index (χ0n) is 32.9. The third kappa shape index (κ3) is 5.66. The molecular formula is C57H40N2. The molecule has 1 aliphatic carbocycles. The molecule has 0 atom stereocenters. The first-order chi connectivity index (χ1) is 29.2. The van der Waals surface area contributed by atoms with Crippen LogP contribution in [0.1, 0.15) is 18.4 Å². The summed E-state index contributed by atoms with van der Waals surface area (Å²) >= 11 is 0.